The summed E-state index contributed by atoms with van der Waals surface area (Å²) in [6, 6.07) is 12.3. The summed E-state index contributed by atoms with van der Waals surface area (Å²) >= 11 is 11.9. The first-order valence-electron chi connectivity index (χ1n) is 9.40. The van der Waals surface area contributed by atoms with Crippen molar-refractivity contribution >= 4 is 40.6 Å². The van der Waals surface area contributed by atoms with Gasteiger partial charge in [-0.2, -0.15) is 0 Å². The average molecular weight is 445 g/mol. The summed E-state index contributed by atoms with van der Waals surface area (Å²) in [7, 11) is 1.58. The predicted molar refractivity (Wildman–Crippen MR) is 119 cm³/mol. The van der Waals surface area contributed by atoms with E-state index in [0.717, 1.165) is 5.56 Å². The van der Waals surface area contributed by atoms with Crippen molar-refractivity contribution in [2.45, 2.75) is 18.7 Å². The number of thiocarbonyl (C=S) groups is 1. The molecule has 0 aromatic heterocycles. The number of nitrogens with zero attached hydrogens (tertiary/aromatic N) is 1. The van der Waals surface area contributed by atoms with E-state index in [9.17, 15) is 4.79 Å². The number of rotatable bonds is 5. The Balaban J connectivity index is 1.90. The van der Waals surface area contributed by atoms with Gasteiger partial charge in [-0.25, -0.2) is 0 Å². The van der Waals surface area contributed by atoms with Crippen LogP contribution in [0.4, 0.5) is 5.69 Å². The largest absolute Gasteiger partial charge is 0.493 e. The van der Waals surface area contributed by atoms with Gasteiger partial charge in [0.05, 0.1) is 13.2 Å². The molecule has 0 aliphatic carbocycles. The normalized spacial score (nSPS) is 24.2. The molecule has 0 unspecified atom stereocenters. The Morgan fingerprint density at radius 2 is 2.17 bits per heavy atom. The number of esters is 1. The number of carbonyl (C=O) groups is 1. The molecule has 3 atom stereocenters. The molecule has 2 aliphatic rings. The summed E-state index contributed by atoms with van der Waals surface area (Å²) in [4.78, 5) is 14.9. The second-order valence-electron chi connectivity index (χ2n) is 7.17. The Labute approximate surface area is 185 Å². The minimum Gasteiger partial charge on any atom is -0.493 e. The fraction of sp³-hybridized carbons (Fsp3) is 0.273. The molecule has 2 aliphatic heterocycles. The lowest BCUT2D eigenvalue weighted by Gasteiger charge is -2.55. The van der Waals surface area contributed by atoms with Crippen LogP contribution in [0, 0.1) is 5.92 Å². The van der Waals surface area contributed by atoms with Gasteiger partial charge < -0.3 is 19.5 Å². The van der Waals surface area contributed by atoms with E-state index in [1.165, 1.54) is 6.08 Å². The number of carbonyl (C=O) groups excluding carboxylic acids is 1. The van der Waals surface area contributed by atoms with Crippen molar-refractivity contribution < 1.29 is 19.0 Å². The maximum atomic E-state index is 13.2. The number of hydrogen-bond acceptors (Lipinski definition) is 5. The monoisotopic (exact) mass is 444 g/mol. The van der Waals surface area contributed by atoms with Crippen LogP contribution in [0.1, 0.15) is 18.5 Å². The van der Waals surface area contributed by atoms with Crippen molar-refractivity contribution in [3.05, 3.63) is 65.7 Å². The molecule has 0 radical (unpaired) electrons. The fourth-order valence-corrected chi connectivity index (χ4v) is 4.72. The highest BCUT2D eigenvalue weighted by Crippen LogP contribution is 2.52. The molecule has 2 heterocycles. The molecule has 1 N–H and O–H groups in total. The van der Waals surface area contributed by atoms with Crippen molar-refractivity contribution in [1.29, 1.82) is 0 Å². The van der Waals surface area contributed by atoms with Gasteiger partial charge in [-0.3, -0.25) is 9.69 Å². The zero-order chi connectivity index (χ0) is 21.5. The molecule has 1 saturated heterocycles. The molecular formula is C22H21ClN2O4S. The Morgan fingerprint density at radius 1 is 1.40 bits per heavy atom. The lowest BCUT2D eigenvalue weighted by atomic mass is 9.79. The summed E-state index contributed by atoms with van der Waals surface area (Å²) in [5, 5.41) is 4.27. The number of anilines is 1. The molecule has 156 valence electrons. The molecular weight excluding hydrogens is 424 g/mol. The minimum atomic E-state index is -1.18. The van der Waals surface area contributed by atoms with E-state index < -0.39 is 23.7 Å². The van der Waals surface area contributed by atoms with Crippen LogP contribution in [0.5, 0.6) is 11.5 Å². The van der Waals surface area contributed by atoms with E-state index in [-0.39, 0.29) is 6.61 Å². The third-order valence-electron chi connectivity index (χ3n) is 5.37. The Morgan fingerprint density at radius 3 is 2.87 bits per heavy atom. The number of hydrogen-bond donors (Lipinski definition) is 1. The summed E-state index contributed by atoms with van der Waals surface area (Å²) in [6.07, 6.45) is 1.53. The smallest absolute Gasteiger partial charge is 0.317 e. The summed E-state index contributed by atoms with van der Waals surface area (Å²) in [5.41, 5.74) is 0.290. The molecule has 6 nitrogen and oxygen atoms in total. The third-order valence-corrected chi connectivity index (χ3v) is 5.91. The first-order valence-corrected chi connectivity index (χ1v) is 10.2. The lowest BCUT2D eigenvalue weighted by Crippen LogP contribution is -2.71. The first-order chi connectivity index (χ1) is 14.4. The maximum Gasteiger partial charge on any atom is 0.317 e. The van der Waals surface area contributed by atoms with Gasteiger partial charge in [0.1, 0.15) is 12.5 Å². The summed E-state index contributed by atoms with van der Waals surface area (Å²) < 4.78 is 17.5. The molecule has 4 rings (SSSR count). The van der Waals surface area contributed by atoms with E-state index >= 15 is 0 Å². The number of benzene rings is 2. The fourth-order valence-electron chi connectivity index (χ4n) is 4.13. The Bertz CT molecular complexity index is 1030. The van der Waals surface area contributed by atoms with Crippen LogP contribution in [0.15, 0.2) is 55.1 Å². The Kier molecular flexibility index (Phi) is 5.34. The first kappa shape index (κ1) is 20.5. The molecule has 0 spiro atoms. The van der Waals surface area contributed by atoms with Gasteiger partial charge in [-0.15, -0.1) is 0 Å². The number of para-hydroxylation sites is 1. The topological polar surface area (TPSA) is 60.0 Å². The van der Waals surface area contributed by atoms with Crippen LogP contribution < -0.4 is 19.7 Å². The van der Waals surface area contributed by atoms with Crippen LogP contribution in [-0.2, 0) is 9.53 Å². The van der Waals surface area contributed by atoms with Gasteiger partial charge in [-0.1, -0.05) is 42.5 Å². The molecule has 0 saturated carbocycles. The standard InChI is InChI=1S/C22H21ClN2O4S/c1-4-11-28-20(26)17-18-15-9-6-10-16(27-3)19(15)29-22(17,2)25(21(30)24-18)14-8-5-7-13(23)12-14/h4-10,12,17-18H,1,11H2,2-3H3,(H,24,30)/t17-,18-,22-/m0/s1. The van der Waals surface area contributed by atoms with Crippen molar-refractivity contribution in [3.8, 4) is 11.5 Å². The van der Waals surface area contributed by atoms with E-state index in [2.05, 4.69) is 11.9 Å². The molecule has 0 amide bonds. The highest BCUT2D eigenvalue weighted by Gasteiger charge is 2.60. The summed E-state index contributed by atoms with van der Waals surface area (Å²) in [5.74, 6) is -0.00905. The van der Waals surface area contributed by atoms with Crippen molar-refractivity contribution in [3.63, 3.8) is 0 Å². The van der Waals surface area contributed by atoms with Gasteiger partial charge in [0, 0.05) is 16.3 Å². The quantitative estimate of drug-likeness (QED) is 0.420. The molecule has 2 aromatic rings. The van der Waals surface area contributed by atoms with E-state index in [1.807, 2.05) is 37.3 Å². The molecule has 2 aromatic carbocycles. The average Bonchev–Trinajstić information content (AvgIpc) is 2.71. The van der Waals surface area contributed by atoms with Crippen LogP contribution in [0.25, 0.3) is 0 Å². The molecule has 2 bridgehead atoms. The number of halogens is 1. The molecule has 30 heavy (non-hydrogen) atoms. The van der Waals surface area contributed by atoms with E-state index in [1.54, 1.807) is 24.1 Å². The third kappa shape index (κ3) is 3.18. The van der Waals surface area contributed by atoms with Gasteiger partial charge in [0.25, 0.3) is 0 Å². The van der Waals surface area contributed by atoms with Crippen LogP contribution in [-0.4, -0.2) is 30.5 Å². The van der Waals surface area contributed by atoms with Crippen LogP contribution in [0.2, 0.25) is 5.02 Å². The van der Waals surface area contributed by atoms with E-state index in [0.29, 0.717) is 27.3 Å². The van der Waals surface area contributed by atoms with Crippen LogP contribution >= 0.6 is 23.8 Å². The van der Waals surface area contributed by atoms with Crippen LogP contribution in [0.3, 0.4) is 0 Å². The number of nitrogens with one attached hydrogen (secondary N) is 1. The highest BCUT2D eigenvalue weighted by atomic mass is 35.5. The van der Waals surface area contributed by atoms with E-state index in [4.69, 9.17) is 38.0 Å². The van der Waals surface area contributed by atoms with Gasteiger partial charge in [0.2, 0.25) is 5.72 Å². The lowest BCUT2D eigenvalue weighted by molar-refractivity contribution is -0.159. The zero-order valence-electron chi connectivity index (χ0n) is 16.6. The van der Waals surface area contributed by atoms with Gasteiger partial charge in [-0.05, 0) is 43.4 Å². The second-order valence-corrected chi connectivity index (χ2v) is 8.00. The van der Waals surface area contributed by atoms with Crippen molar-refractivity contribution in [2.75, 3.05) is 18.6 Å². The number of methoxy groups -OCH3 is 1. The van der Waals surface area contributed by atoms with Gasteiger partial charge in [0.15, 0.2) is 16.6 Å². The summed E-state index contributed by atoms with van der Waals surface area (Å²) in [6.45, 7) is 5.55. The Hall–Kier alpha value is -2.77. The molecule has 1 fully saturated rings. The van der Waals surface area contributed by atoms with Crippen molar-refractivity contribution in [2.24, 2.45) is 5.92 Å². The second kappa shape index (κ2) is 7.81. The minimum absolute atomic E-state index is 0.102. The SMILES string of the molecule is C=CCOC(=O)[C@@H]1[C@H]2NC(=S)N(c3cccc(Cl)c3)[C@@]1(C)Oc1c(OC)cccc12. The van der Waals surface area contributed by atoms with Crippen molar-refractivity contribution in [1.82, 2.24) is 5.32 Å². The van der Waals surface area contributed by atoms with Gasteiger partial charge >= 0.3 is 5.97 Å². The highest BCUT2D eigenvalue weighted by molar-refractivity contribution is 7.80. The molecule has 8 heteroatoms. The zero-order valence-corrected chi connectivity index (χ0v) is 18.1. The maximum absolute atomic E-state index is 13.2. The number of ether oxygens (including phenoxy) is 3. The number of fused-ring (bicyclic) bond motifs is 4. The predicted octanol–water partition coefficient (Wildman–Crippen LogP) is 4.24.